The van der Waals surface area contributed by atoms with Crippen molar-refractivity contribution in [3.05, 3.63) is 18.2 Å². The molecule has 0 aromatic heterocycles. The summed E-state index contributed by atoms with van der Waals surface area (Å²) in [6.45, 7) is 5.54. The van der Waals surface area contributed by atoms with E-state index < -0.39 is 0 Å². The highest BCUT2D eigenvalue weighted by Gasteiger charge is 2.01. The Kier molecular flexibility index (Phi) is 3.43. The molecular formula is C10H16N2O. The molecule has 0 aliphatic carbocycles. The number of nitrogen functional groups attached to an aromatic ring is 1. The second-order valence-electron chi connectivity index (χ2n) is 2.72. The molecule has 0 amide bonds. The summed E-state index contributed by atoms with van der Waals surface area (Å²) in [5.41, 5.74) is 7.37. The maximum atomic E-state index is 5.65. The molecule has 13 heavy (non-hydrogen) atoms. The van der Waals surface area contributed by atoms with Crippen LogP contribution in [0.1, 0.15) is 13.8 Å². The minimum Gasteiger partial charge on any atom is -0.492 e. The lowest BCUT2D eigenvalue weighted by molar-refractivity contribution is 0.342. The molecule has 3 nitrogen and oxygen atoms in total. The molecule has 0 radical (unpaired) electrons. The smallest absolute Gasteiger partial charge is 0.144 e. The van der Waals surface area contributed by atoms with Gasteiger partial charge in [-0.25, -0.2) is 0 Å². The van der Waals surface area contributed by atoms with Gasteiger partial charge in [-0.15, -0.1) is 0 Å². The molecule has 0 bridgehead atoms. The molecule has 0 aliphatic heterocycles. The van der Waals surface area contributed by atoms with Gasteiger partial charge in [-0.3, -0.25) is 0 Å². The monoisotopic (exact) mass is 180 g/mol. The Morgan fingerprint density at radius 1 is 1.38 bits per heavy atom. The third-order valence-electron chi connectivity index (χ3n) is 1.67. The van der Waals surface area contributed by atoms with Gasteiger partial charge in [0.25, 0.3) is 0 Å². The molecule has 0 saturated carbocycles. The lowest BCUT2D eigenvalue weighted by Gasteiger charge is -2.11. The number of nitrogens with two attached hydrogens (primary N) is 1. The zero-order chi connectivity index (χ0) is 9.68. The average molecular weight is 180 g/mol. The minimum atomic E-state index is 0.655. The number of anilines is 2. The summed E-state index contributed by atoms with van der Waals surface area (Å²) in [4.78, 5) is 0. The molecular weight excluding hydrogens is 164 g/mol. The lowest BCUT2D eigenvalue weighted by atomic mass is 10.2. The van der Waals surface area contributed by atoms with Crippen molar-refractivity contribution in [1.82, 2.24) is 0 Å². The number of benzene rings is 1. The molecule has 0 unspecified atom stereocenters. The molecule has 1 aromatic carbocycles. The van der Waals surface area contributed by atoms with Crippen LogP contribution in [0.15, 0.2) is 18.2 Å². The molecule has 0 atom stereocenters. The second-order valence-corrected chi connectivity index (χ2v) is 2.72. The van der Waals surface area contributed by atoms with Crippen LogP contribution in [-0.2, 0) is 0 Å². The Morgan fingerprint density at radius 3 is 2.77 bits per heavy atom. The van der Waals surface area contributed by atoms with Crippen LogP contribution in [0.4, 0.5) is 11.4 Å². The van der Waals surface area contributed by atoms with Crippen LogP contribution in [0.5, 0.6) is 5.75 Å². The van der Waals surface area contributed by atoms with E-state index in [2.05, 4.69) is 5.32 Å². The molecule has 0 saturated heterocycles. The molecule has 72 valence electrons. The van der Waals surface area contributed by atoms with Gasteiger partial charge in [-0.1, -0.05) is 0 Å². The van der Waals surface area contributed by atoms with Crippen molar-refractivity contribution in [1.29, 1.82) is 0 Å². The summed E-state index contributed by atoms with van der Waals surface area (Å²) in [6.07, 6.45) is 0. The first-order chi connectivity index (χ1) is 6.27. The average Bonchev–Trinajstić information content (AvgIpc) is 2.10. The zero-order valence-electron chi connectivity index (χ0n) is 8.13. The Hall–Kier alpha value is -1.38. The summed E-state index contributed by atoms with van der Waals surface area (Å²) in [5, 5.41) is 3.21. The first kappa shape index (κ1) is 9.71. The van der Waals surface area contributed by atoms with Crippen LogP contribution in [0, 0.1) is 0 Å². The predicted molar refractivity (Wildman–Crippen MR) is 56.2 cm³/mol. The standard InChI is InChI=1S/C10H16N2O/c1-3-12-9-6-5-8(11)7-10(9)13-4-2/h5-7,12H,3-4,11H2,1-2H3. The summed E-state index contributed by atoms with van der Waals surface area (Å²) in [7, 11) is 0. The zero-order valence-corrected chi connectivity index (χ0v) is 8.13. The van der Waals surface area contributed by atoms with E-state index in [1.807, 2.05) is 32.0 Å². The molecule has 0 fully saturated rings. The molecule has 0 spiro atoms. The summed E-state index contributed by atoms with van der Waals surface area (Å²) in [5.74, 6) is 0.823. The van der Waals surface area contributed by atoms with Crippen molar-refractivity contribution in [2.75, 3.05) is 24.2 Å². The predicted octanol–water partition coefficient (Wildman–Crippen LogP) is 2.10. The van der Waals surface area contributed by atoms with Crippen molar-refractivity contribution in [3.8, 4) is 5.75 Å². The minimum absolute atomic E-state index is 0.655. The van der Waals surface area contributed by atoms with E-state index >= 15 is 0 Å². The van der Waals surface area contributed by atoms with Gasteiger partial charge in [0.05, 0.1) is 12.3 Å². The van der Waals surface area contributed by atoms with Crippen LogP contribution in [0.25, 0.3) is 0 Å². The van der Waals surface area contributed by atoms with Crippen molar-refractivity contribution >= 4 is 11.4 Å². The maximum absolute atomic E-state index is 5.65. The fraction of sp³-hybridized carbons (Fsp3) is 0.400. The first-order valence-corrected chi connectivity index (χ1v) is 4.54. The summed E-state index contributed by atoms with van der Waals surface area (Å²) in [6, 6.07) is 5.63. The molecule has 0 heterocycles. The molecule has 1 aromatic rings. The Labute approximate surface area is 78.9 Å². The highest BCUT2D eigenvalue weighted by molar-refractivity contribution is 5.62. The highest BCUT2D eigenvalue weighted by atomic mass is 16.5. The van der Waals surface area contributed by atoms with Crippen LogP contribution >= 0.6 is 0 Å². The van der Waals surface area contributed by atoms with Crippen molar-refractivity contribution in [2.24, 2.45) is 0 Å². The number of hydrogen-bond acceptors (Lipinski definition) is 3. The number of hydrogen-bond donors (Lipinski definition) is 2. The van der Waals surface area contributed by atoms with Gasteiger partial charge in [0.15, 0.2) is 0 Å². The van der Waals surface area contributed by atoms with E-state index in [-0.39, 0.29) is 0 Å². The Balaban J connectivity index is 2.89. The first-order valence-electron chi connectivity index (χ1n) is 4.54. The quantitative estimate of drug-likeness (QED) is 0.697. The number of ether oxygens (including phenoxy) is 1. The number of rotatable bonds is 4. The maximum Gasteiger partial charge on any atom is 0.144 e. The largest absolute Gasteiger partial charge is 0.492 e. The highest BCUT2D eigenvalue weighted by Crippen LogP contribution is 2.26. The van der Waals surface area contributed by atoms with Crippen LogP contribution < -0.4 is 15.8 Å². The summed E-state index contributed by atoms with van der Waals surface area (Å²) >= 11 is 0. The van der Waals surface area contributed by atoms with Gasteiger partial charge in [-0.05, 0) is 26.0 Å². The lowest BCUT2D eigenvalue weighted by Crippen LogP contribution is -2.02. The van der Waals surface area contributed by atoms with Gasteiger partial charge in [0.2, 0.25) is 0 Å². The van der Waals surface area contributed by atoms with Gasteiger partial charge >= 0.3 is 0 Å². The Bertz CT molecular complexity index is 274. The van der Waals surface area contributed by atoms with Crippen LogP contribution in [-0.4, -0.2) is 13.2 Å². The topological polar surface area (TPSA) is 47.3 Å². The Morgan fingerprint density at radius 2 is 2.15 bits per heavy atom. The molecule has 1 rings (SSSR count). The van der Waals surface area contributed by atoms with Gasteiger partial charge in [-0.2, -0.15) is 0 Å². The van der Waals surface area contributed by atoms with Crippen LogP contribution in [0.3, 0.4) is 0 Å². The van der Waals surface area contributed by atoms with E-state index in [0.29, 0.717) is 6.61 Å². The van der Waals surface area contributed by atoms with Gasteiger partial charge < -0.3 is 15.8 Å². The van der Waals surface area contributed by atoms with Crippen LogP contribution in [0.2, 0.25) is 0 Å². The van der Waals surface area contributed by atoms with Crippen molar-refractivity contribution < 1.29 is 4.74 Å². The normalized spacial score (nSPS) is 9.69. The van der Waals surface area contributed by atoms with Crippen molar-refractivity contribution in [3.63, 3.8) is 0 Å². The van der Waals surface area contributed by atoms with Crippen molar-refractivity contribution in [2.45, 2.75) is 13.8 Å². The van der Waals surface area contributed by atoms with Gasteiger partial charge in [0, 0.05) is 18.3 Å². The van der Waals surface area contributed by atoms with E-state index in [0.717, 1.165) is 23.7 Å². The van der Waals surface area contributed by atoms with Gasteiger partial charge in [0.1, 0.15) is 5.75 Å². The van der Waals surface area contributed by atoms with E-state index in [9.17, 15) is 0 Å². The number of nitrogens with one attached hydrogen (secondary N) is 1. The van der Waals surface area contributed by atoms with E-state index in [1.165, 1.54) is 0 Å². The molecule has 0 aliphatic rings. The SMILES string of the molecule is CCNc1ccc(N)cc1OCC. The molecule has 3 heteroatoms. The third kappa shape index (κ3) is 2.54. The molecule has 3 N–H and O–H groups in total. The fourth-order valence-electron chi connectivity index (χ4n) is 1.15. The summed E-state index contributed by atoms with van der Waals surface area (Å²) < 4.78 is 5.43. The fourth-order valence-corrected chi connectivity index (χ4v) is 1.15. The van der Waals surface area contributed by atoms with E-state index in [4.69, 9.17) is 10.5 Å². The second kappa shape index (κ2) is 4.60. The van der Waals surface area contributed by atoms with E-state index in [1.54, 1.807) is 0 Å². The third-order valence-corrected chi connectivity index (χ3v) is 1.67.